The van der Waals surface area contributed by atoms with Crippen LogP contribution in [0.25, 0.3) is 22.4 Å². The monoisotopic (exact) mass is 519 g/mol. The third kappa shape index (κ3) is 4.80. The van der Waals surface area contributed by atoms with E-state index < -0.39 is 23.1 Å². The molecule has 0 saturated carbocycles. The van der Waals surface area contributed by atoms with Gasteiger partial charge in [-0.1, -0.05) is 6.07 Å². The highest BCUT2D eigenvalue weighted by atomic mass is 19.3. The number of amides is 1. The molecule has 1 fully saturated rings. The van der Waals surface area contributed by atoms with Crippen LogP contribution < -0.4 is 5.32 Å². The second-order valence-corrected chi connectivity index (χ2v) is 9.75. The number of anilines is 1. The Kier molecular flexibility index (Phi) is 6.32. The van der Waals surface area contributed by atoms with E-state index in [1.54, 1.807) is 23.0 Å². The highest BCUT2D eigenvalue weighted by molar-refractivity contribution is 6.04. The molecule has 0 spiro atoms. The number of hydrogen-bond donors (Lipinski definition) is 2. The molecule has 38 heavy (non-hydrogen) atoms. The largest absolute Gasteiger partial charge is 0.380 e. The second-order valence-electron chi connectivity index (χ2n) is 9.75. The molecule has 196 valence electrons. The second kappa shape index (κ2) is 9.38. The quantitative estimate of drug-likeness (QED) is 0.382. The third-order valence-corrected chi connectivity index (χ3v) is 6.62. The van der Waals surface area contributed by atoms with Gasteiger partial charge in [-0.2, -0.15) is 13.9 Å². The minimum absolute atomic E-state index is 0.0750. The standard InChI is InChI=1S/C28H27F2N5O3/c1-16-5-6-20(33-26(36)18-7-8-31-24(10-18)27(3,29)30)11-21(16)19-9-23(28(37)14-38-15-28)25(32-12-19)22-13-35(4)34-17(22)2/h5-13,37H,14-15H2,1-4H3,(H,33,36). The first-order valence-electron chi connectivity index (χ1n) is 12.0. The summed E-state index contributed by atoms with van der Waals surface area (Å²) in [6, 6.07) is 9.74. The van der Waals surface area contributed by atoms with Crippen LogP contribution in [-0.4, -0.2) is 44.0 Å². The first-order valence-corrected chi connectivity index (χ1v) is 12.0. The van der Waals surface area contributed by atoms with Crippen molar-refractivity contribution >= 4 is 11.6 Å². The number of carbonyl (C=O) groups is 1. The fourth-order valence-corrected chi connectivity index (χ4v) is 4.49. The van der Waals surface area contributed by atoms with Gasteiger partial charge in [-0.15, -0.1) is 0 Å². The summed E-state index contributed by atoms with van der Waals surface area (Å²) in [7, 11) is 1.83. The molecule has 2 N–H and O–H groups in total. The van der Waals surface area contributed by atoms with Crippen molar-refractivity contribution in [2.24, 2.45) is 7.05 Å². The molecule has 1 aromatic carbocycles. The van der Waals surface area contributed by atoms with E-state index in [4.69, 9.17) is 9.72 Å². The number of aryl methyl sites for hydroxylation is 3. The van der Waals surface area contributed by atoms with Crippen molar-refractivity contribution in [3.05, 3.63) is 83.1 Å². The van der Waals surface area contributed by atoms with Gasteiger partial charge in [0, 0.05) is 60.5 Å². The SMILES string of the molecule is Cc1ccc(NC(=O)c2ccnc(C(C)(F)F)c2)cc1-c1cnc(-c2cn(C)nc2C)c(C2(O)COC2)c1. The molecule has 1 amide bonds. The lowest BCUT2D eigenvalue weighted by Gasteiger charge is -2.37. The lowest BCUT2D eigenvalue weighted by molar-refractivity contribution is -0.184. The first-order chi connectivity index (χ1) is 17.9. The number of nitrogens with one attached hydrogen (secondary N) is 1. The number of pyridine rings is 2. The fourth-order valence-electron chi connectivity index (χ4n) is 4.49. The summed E-state index contributed by atoms with van der Waals surface area (Å²) in [5.41, 5.74) is 4.25. The van der Waals surface area contributed by atoms with Gasteiger partial charge in [0.15, 0.2) is 0 Å². The molecule has 5 rings (SSSR count). The average molecular weight is 520 g/mol. The van der Waals surface area contributed by atoms with Gasteiger partial charge in [-0.05, 0) is 55.3 Å². The Balaban J connectivity index is 1.50. The summed E-state index contributed by atoms with van der Waals surface area (Å²) in [6.07, 6.45) is 4.78. The highest BCUT2D eigenvalue weighted by Crippen LogP contribution is 2.39. The van der Waals surface area contributed by atoms with Crippen LogP contribution in [0, 0.1) is 13.8 Å². The van der Waals surface area contributed by atoms with E-state index in [1.807, 2.05) is 39.2 Å². The van der Waals surface area contributed by atoms with Gasteiger partial charge in [-0.3, -0.25) is 19.4 Å². The Morgan fingerprint density at radius 3 is 2.53 bits per heavy atom. The van der Waals surface area contributed by atoms with Crippen LogP contribution in [0.1, 0.15) is 39.8 Å². The van der Waals surface area contributed by atoms with Crippen molar-refractivity contribution in [3.63, 3.8) is 0 Å². The molecule has 0 aliphatic carbocycles. The van der Waals surface area contributed by atoms with Gasteiger partial charge in [0.1, 0.15) is 11.3 Å². The number of alkyl halides is 2. The van der Waals surface area contributed by atoms with E-state index in [0.29, 0.717) is 16.9 Å². The van der Waals surface area contributed by atoms with Crippen LogP contribution in [0.4, 0.5) is 14.5 Å². The number of hydrogen-bond acceptors (Lipinski definition) is 6. The predicted octanol–water partition coefficient (Wildman–Crippen LogP) is 4.74. The zero-order chi connectivity index (χ0) is 27.2. The third-order valence-electron chi connectivity index (χ3n) is 6.62. The van der Waals surface area contributed by atoms with Crippen molar-refractivity contribution in [2.45, 2.75) is 32.3 Å². The summed E-state index contributed by atoms with van der Waals surface area (Å²) in [5, 5.41) is 18.4. The molecule has 0 bridgehead atoms. The zero-order valence-corrected chi connectivity index (χ0v) is 21.4. The average Bonchev–Trinajstić information content (AvgIpc) is 3.20. The molecule has 4 aromatic rings. The topological polar surface area (TPSA) is 102 Å². The molecule has 1 saturated heterocycles. The van der Waals surface area contributed by atoms with Gasteiger partial charge in [0.2, 0.25) is 0 Å². The molecule has 1 aliphatic heterocycles. The number of nitrogens with zero attached hydrogens (tertiary/aromatic N) is 4. The van der Waals surface area contributed by atoms with E-state index in [2.05, 4.69) is 15.4 Å². The van der Waals surface area contributed by atoms with Gasteiger partial charge >= 0.3 is 0 Å². The van der Waals surface area contributed by atoms with E-state index in [1.165, 1.54) is 12.3 Å². The molecule has 0 atom stereocenters. The first kappa shape index (κ1) is 25.6. The van der Waals surface area contributed by atoms with Crippen LogP contribution in [0.5, 0.6) is 0 Å². The number of halogens is 2. The Bertz CT molecular complexity index is 1540. The van der Waals surface area contributed by atoms with Crippen molar-refractivity contribution in [1.29, 1.82) is 0 Å². The summed E-state index contributed by atoms with van der Waals surface area (Å²) < 4.78 is 34.4. The molecule has 0 radical (unpaired) electrons. The summed E-state index contributed by atoms with van der Waals surface area (Å²) in [5.74, 6) is -3.69. The maximum Gasteiger partial charge on any atom is 0.286 e. The summed E-state index contributed by atoms with van der Waals surface area (Å²) in [6.45, 7) is 4.87. The molecule has 10 heteroatoms. The lowest BCUT2D eigenvalue weighted by atomic mass is 9.86. The number of carbonyl (C=O) groups excluding carboxylic acids is 1. The molecular weight excluding hydrogens is 492 g/mol. The van der Waals surface area contributed by atoms with Crippen LogP contribution in [0.3, 0.4) is 0 Å². The van der Waals surface area contributed by atoms with E-state index >= 15 is 0 Å². The number of aliphatic hydroxyl groups is 1. The minimum atomic E-state index is -3.16. The van der Waals surface area contributed by atoms with E-state index in [-0.39, 0.29) is 18.8 Å². The van der Waals surface area contributed by atoms with Gasteiger partial charge < -0.3 is 15.2 Å². The van der Waals surface area contributed by atoms with E-state index in [9.17, 15) is 18.7 Å². The van der Waals surface area contributed by atoms with Crippen LogP contribution >= 0.6 is 0 Å². The Morgan fingerprint density at radius 2 is 1.89 bits per heavy atom. The number of aromatic nitrogens is 4. The normalized spacial score (nSPS) is 14.7. The molecular formula is C28H27F2N5O3. The maximum atomic E-state index is 13.7. The smallest absolute Gasteiger partial charge is 0.286 e. The number of benzene rings is 1. The van der Waals surface area contributed by atoms with Gasteiger partial charge in [0.05, 0.1) is 24.6 Å². The Labute approximate surface area is 218 Å². The number of rotatable bonds is 6. The summed E-state index contributed by atoms with van der Waals surface area (Å²) in [4.78, 5) is 21.2. The van der Waals surface area contributed by atoms with Gasteiger partial charge in [-0.25, -0.2) is 0 Å². The van der Waals surface area contributed by atoms with Crippen LogP contribution in [0.2, 0.25) is 0 Å². The molecule has 1 aliphatic rings. The van der Waals surface area contributed by atoms with Crippen molar-refractivity contribution in [2.75, 3.05) is 18.5 Å². The zero-order valence-electron chi connectivity index (χ0n) is 21.4. The highest BCUT2D eigenvalue weighted by Gasteiger charge is 2.41. The molecule has 3 aromatic heterocycles. The summed E-state index contributed by atoms with van der Waals surface area (Å²) >= 11 is 0. The fraction of sp³-hybridized carbons (Fsp3) is 0.286. The van der Waals surface area contributed by atoms with Crippen LogP contribution in [0.15, 0.2) is 55.0 Å². The Morgan fingerprint density at radius 1 is 1.13 bits per heavy atom. The van der Waals surface area contributed by atoms with Crippen LogP contribution in [-0.2, 0) is 23.3 Å². The lowest BCUT2D eigenvalue weighted by Crippen LogP contribution is -2.47. The maximum absolute atomic E-state index is 13.7. The van der Waals surface area contributed by atoms with Crippen molar-refractivity contribution < 1.29 is 23.4 Å². The minimum Gasteiger partial charge on any atom is -0.380 e. The van der Waals surface area contributed by atoms with Crippen molar-refractivity contribution in [1.82, 2.24) is 19.7 Å². The molecule has 8 nitrogen and oxygen atoms in total. The predicted molar refractivity (Wildman–Crippen MR) is 138 cm³/mol. The van der Waals surface area contributed by atoms with E-state index in [0.717, 1.165) is 40.9 Å². The molecule has 4 heterocycles. The van der Waals surface area contributed by atoms with Crippen molar-refractivity contribution in [3.8, 4) is 22.4 Å². The van der Waals surface area contributed by atoms with Gasteiger partial charge in [0.25, 0.3) is 11.8 Å². The number of ether oxygens (including phenoxy) is 1. The Hall–Kier alpha value is -4.02. The molecule has 0 unspecified atom stereocenters.